The molecule has 0 bridgehead atoms. The van der Waals surface area contributed by atoms with Gasteiger partial charge >= 0.3 is 0 Å². The SMILES string of the molecule is [C-]#[N+]C(=C(CC)CO)c1ccccc1. The highest BCUT2D eigenvalue weighted by Gasteiger charge is 2.06. The van der Waals surface area contributed by atoms with Gasteiger partial charge in [-0.15, -0.1) is 0 Å². The second-order valence-corrected chi connectivity index (χ2v) is 2.94. The van der Waals surface area contributed by atoms with E-state index in [-0.39, 0.29) is 6.61 Å². The van der Waals surface area contributed by atoms with E-state index in [0.717, 1.165) is 11.1 Å². The first-order valence-electron chi connectivity index (χ1n) is 4.59. The fraction of sp³-hybridized carbons (Fsp3) is 0.250. The van der Waals surface area contributed by atoms with Crippen molar-refractivity contribution in [3.05, 3.63) is 52.9 Å². The van der Waals surface area contributed by atoms with Gasteiger partial charge in [-0.05, 0) is 17.6 Å². The van der Waals surface area contributed by atoms with Crippen LogP contribution in [0.1, 0.15) is 18.9 Å². The van der Waals surface area contributed by atoms with Crippen LogP contribution in [-0.2, 0) is 0 Å². The molecular weight excluding hydrogens is 174 g/mol. The highest BCUT2D eigenvalue weighted by atomic mass is 16.3. The zero-order valence-electron chi connectivity index (χ0n) is 8.20. The molecule has 0 aromatic heterocycles. The quantitative estimate of drug-likeness (QED) is 0.723. The maximum absolute atomic E-state index is 9.09. The van der Waals surface area contributed by atoms with E-state index in [1.165, 1.54) is 0 Å². The summed E-state index contributed by atoms with van der Waals surface area (Å²) in [6.45, 7) is 9.00. The monoisotopic (exact) mass is 187 g/mol. The van der Waals surface area contributed by atoms with Crippen LogP contribution in [0.4, 0.5) is 0 Å². The van der Waals surface area contributed by atoms with Gasteiger partial charge in [-0.2, -0.15) is 0 Å². The number of hydrogen-bond acceptors (Lipinski definition) is 1. The largest absolute Gasteiger partial charge is 0.393 e. The Morgan fingerprint density at radius 3 is 2.43 bits per heavy atom. The highest BCUT2D eigenvalue weighted by molar-refractivity contribution is 5.73. The van der Waals surface area contributed by atoms with Crippen molar-refractivity contribution in [1.82, 2.24) is 0 Å². The van der Waals surface area contributed by atoms with E-state index >= 15 is 0 Å². The van der Waals surface area contributed by atoms with Gasteiger partial charge in [-0.25, -0.2) is 4.85 Å². The minimum Gasteiger partial charge on any atom is -0.393 e. The molecule has 0 aliphatic heterocycles. The maximum atomic E-state index is 9.09. The van der Waals surface area contributed by atoms with Gasteiger partial charge in [0.25, 0.3) is 0 Å². The van der Waals surface area contributed by atoms with Crippen molar-refractivity contribution in [3.63, 3.8) is 0 Å². The summed E-state index contributed by atoms with van der Waals surface area (Å²) in [6, 6.07) is 9.48. The Bertz CT molecular complexity index is 354. The Kier molecular flexibility index (Phi) is 3.90. The average Bonchev–Trinajstić information content (AvgIpc) is 2.27. The van der Waals surface area contributed by atoms with Gasteiger partial charge in [-0.3, -0.25) is 0 Å². The maximum Gasteiger partial charge on any atom is 0.195 e. The van der Waals surface area contributed by atoms with Crippen molar-refractivity contribution in [2.75, 3.05) is 6.61 Å². The molecule has 0 radical (unpaired) electrons. The van der Waals surface area contributed by atoms with Crippen LogP contribution in [0.2, 0.25) is 0 Å². The van der Waals surface area contributed by atoms with Gasteiger partial charge in [0.1, 0.15) is 0 Å². The molecule has 0 aliphatic rings. The molecule has 72 valence electrons. The second-order valence-electron chi connectivity index (χ2n) is 2.94. The molecule has 0 fully saturated rings. The Labute approximate surface area is 84.3 Å². The zero-order valence-corrected chi connectivity index (χ0v) is 8.20. The molecule has 0 unspecified atom stereocenters. The normalized spacial score (nSPS) is 11.8. The van der Waals surface area contributed by atoms with Crippen LogP contribution in [0.3, 0.4) is 0 Å². The van der Waals surface area contributed by atoms with E-state index < -0.39 is 0 Å². The van der Waals surface area contributed by atoms with Gasteiger partial charge in [-0.1, -0.05) is 37.3 Å². The number of rotatable bonds is 3. The molecule has 0 saturated carbocycles. The number of aliphatic hydroxyl groups excluding tert-OH is 1. The van der Waals surface area contributed by atoms with Crippen molar-refractivity contribution in [2.24, 2.45) is 0 Å². The highest BCUT2D eigenvalue weighted by Crippen LogP contribution is 2.21. The Morgan fingerprint density at radius 2 is 2.00 bits per heavy atom. The van der Waals surface area contributed by atoms with Gasteiger partial charge in [0.05, 0.1) is 13.2 Å². The van der Waals surface area contributed by atoms with E-state index in [4.69, 9.17) is 11.7 Å². The van der Waals surface area contributed by atoms with E-state index in [1.54, 1.807) is 0 Å². The van der Waals surface area contributed by atoms with Crippen LogP contribution in [0.15, 0.2) is 35.9 Å². The minimum absolute atomic E-state index is 0.0386. The van der Waals surface area contributed by atoms with Crippen molar-refractivity contribution in [3.8, 4) is 0 Å². The molecule has 1 N–H and O–H groups in total. The zero-order chi connectivity index (χ0) is 10.4. The van der Waals surface area contributed by atoms with Crippen molar-refractivity contribution < 1.29 is 5.11 Å². The third kappa shape index (κ3) is 2.21. The molecule has 2 heteroatoms. The molecule has 1 rings (SSSR count). The summed E-state index contributed by atoms with van der Waals surface area (Å²) in [5.74, 6) is 0. The lowest BCUT2D eigenvalue weighted by Crippen LogP contribution is -1.93. The first-order chi connectivity index (χ1) is 6.83. The van der Waals surface area contributed by atoms with Gasteiger partial charge in [0.15, 0.2) is 5.70 Å². The Morgan fingerprint density at radius 1 is 1.36 bits per heavy atom. The Balaban J connectivity index is 3.17. The van der Waals surface area contributed by atoms with E-state index in [1.807, 2.05) is 37.3 Å². The first-order valence-corrected chi connectivity index (χ1v) is 4.59. The lowest BCUT2D eigenvalue weighted by atomic mass is 10.1. The van der Waals surface area contributed by atoms with Gasteiger partial charge in [0, 0.05) is 0 Å². The molecule has 1 aromatic carbocycles. The Hall–Kier alpha value is -1.59. The summed E-state index contributed by atoms with van der Waals surface area (Å²) in [4.78, 5) is 3.47. The molecule has 0 heterocycles. The van der Waals surface area contributed by atoms with Crippen LogP contribution < -0.4 is 0 Å². The topological polar surface area (TPSA) is 24.6 Å². The van der Waals surface area contributed by atoms with Crippen molar-refractivity contribution >= 4 is 5.70 Å². The lowest BCUT2D eigenvalue weighted by Gasteiger charge is -2.04. The summed E-state index contributed by atoms with van der Waals surface area (Å²) in [5.41, 5.74) is 2.26. The molecule has 0 aliphatic carbocycles. The van der Waals surface area contributed by atoms with Gasteiger partial charge in [0.2, 0.25) is 0 Å². The molecule has 0 saturated heterocycles. The fourth-order valence-electron chi connectivity index (χ4n) is 1.30. The molecule has 2 nitrogen and oxygen atoms in total. The van der Waals surface area contributed by atoms with Crippen molar-refractivity contribution in [2.45, 2.75) is 13.3 Å². The summed E-state index contributed by atoms with van der Waals surface area (Å²) in [5, 5.41) is 9.09. The summed E-state index contributed by atoms with van der Waals surface area (Å²) >= 11 is 0. The standard InChI is InChI=1S/C12H13NO/c1-3-10(9-14)12(13-2)11-7-5-4-6-8-11/h4-8,14H,3,9H2,1H3. The molecule has 1 aromatic rings. The van der Waals surface area contributed by atoms with Crippen molar-refractivity contribution in [1.29, 1.82) is 0 Å². The van der Waals surface area contributed by atoms with E-state index in [2.05, 4.69) is 4.85 Å². The smallest absolute Gasteiger partial charge is 0.195 e. The average molecular weight is 187 g/mol. The van der Waals surface area contributed by atoms with Gasteiger partial charge < -0.3 is 5.11 Å². The van der Waals surface area contributed by atoms with E-state index in [0.29, 0.717) is 12.1 Å². The number of aliphatic hydroxyl groups is 1. The number of hydrogen-bond donors (Lipinski definition) is 1. The van der Waals surface area contributed by atoms with Crippen LogP contribution in [0.25, 0.3) is 10.5 Å². The molecule has 0 spiro atoms. The minimum atomic E-state index is -0.0386. The number of benzene rings is 1. The lowest BCUT2D eigenvalue weighted by molar-refractivity contribution is 0.328. The van der Waals surface area contributed by atoms with Crippen LogP contribution >= 0.6 is 0 Å². The molecule has 14 heavy (non-hydrogen) atoms. The van der Waals surface area contributed by atoms with Crippen LogP contribution in [0.5, 0.6) is 0 Å². The fourth-order valence-corrected chi connectivity index (χ4v) is 1.30. The molecule has 0 amide bonds. The summed E-state index contributed by atoms with van der Waals surface area (Å²) in [7, 11) is 0. The summed E-state index contributed by atoms with van der Waals surface area (Å²) < 4.78 is 0. The number of nitrogens with zero attached hydrogens (tertiary/aromatic N) is 1. The summed E-state index contributed by atoms with van der Waals surface area (Å²) in [6.07, 6.45) is 0.711. The third-order valence-electron chi connectivity index (χ3n) is 2.11. The second kappa shape index (κ2) is 5.21. The van der Waals surface area contributed by atoms with E-state index in [9.17, 15) is 0 Å². The predicted molar refractivity (Wildman–Crippen MR) is 57.3 cm³/mol. The third-order valence-corrected chi connectivity index (χ3v) is 2.11. The molecule has 0 atom stereocenters. The van der Waals surface area contributed by atoms with Crippen LogP contribution in [-0.4, -0.2) is 11.7 Å². The molecular formula is C12H13NO. The predicted octanol–water partition coefficient (Wildman–Crippen LogP) is 2.72. The van der Waals surface area contributed by atoms with Crippen LogP contribution in [0, 0.1) is 6.57 Å². The first kappa shape index (κ1) is 10.5.